The summed E-state index contributed by atoms with van der Waals surface area (Å²) >= 11 is 0. The third-order valence-electron chi connectivity index (χ3n) is 12.4. The number of nitrogens with zero attached hydrogens (tertiary/aromatic N) is 3. The molecule has 4 heteroatoms. The van der Waals surface area contributed by atoms with Crippen LogP contribution in [0, 0.1) is 0 Å². The van der Waals surface area contributed by atoms with Gasteiger partial charge >= 0.3 is 0 Å². The van der Waals surface area contributed by atoms with E-state index in [2.05, 4.69) is 206 Å². The van der Waals surface area contributed by atoms with Gasteiger partial charge in [-0.1, -0.05) is 212 Å². The molecule has 2 aromatic heterocycles. The maximum absolute atomic E-state index is 6.81. The number of hydrogen-bond acceptors (Lipinski definition) is 4. The van der Waals surface area contributed by atoms with Gasteiger partial charge in [0, 0.05) is 33.0 Å². The number of hydrogen-bond donors (Lipinski definition) is 0. The molecule has 0 saturated heterocycles. The van der Waals surface area contributed by atoms with Gasteiger partial charge in [0.1, 0.15) is 11.2 Å². The zero-order valence-electron chi connectivity index (χ0n) is 35.3. The normalized spacial score (nSPS) is 11.4. The second-order valence-electron chi connectivity index (χ2n) is 16.3. The fraction of sp³-hybridized carbons (Fsp3) is 0. The molecule has 304 valence electrons. The average molecular weight is 830 g/mol. The number of benzene rings is 10. The Morgan fingerprint density at radius 2 is 0.708 bits per heavy atom. The topological polar surface area (TPSA) is 51.8 Å². The first-order valence-corrected chi connectivity index (χ1v) is 21.9. The van der Waals surface area contributed by atoms with E-state index in [0.717, 1.165) is 88.3 Å². The fourth-order valence-corrected chi connectivity index (χ4v) is 9.10. The minimum Gasteiger partial charge on any atom is -0.455 e. The van der Waals surface area contributed by atoms with Gasteiger partial charge in [-0.05, 0) is 85.1 Å². The van der Waals surface area contributed by atoms with Crippen molar-refractivity contribution in [2.75, 3.05) is 0 Å². The minimum absolute atomic E-state index is 0.575. The molecule has 0 aliphatic rings. The van der Waals surface area contributed by atoms with Gasteiger partial charge < -0.3 is 4.42 Å². The highest BCUT2D eigenvalue weighted by atomic mass is 16.3. The Labute approximate surface area is 376 Å². The molecule has 0 unspecified atom stereocenters. The number of furan rings is 1. The van der Waals surface area contributed by atoms with E-state index < -0.39 is 0 Å². The Morgan fingerprint density at radius 1 is 0.262 bits per heavy atom. The van der Waals surface area contributed by atoms with Crippen LogP contribution in [0.5, 0.6) is 0 Å². The quantitative estimate of drug-likeness (QED) is 0.153. The van der Waals surface area contributed by atoms with Crippen LogP contribution in [0.25, 0.3) is 123 Å². The molecule has 0 spiro atoms. The number of para-hydroxylation sites is 1. The lowest BCUT2D eigenvalue weighted by molar-refractivity contribution is 0.670. The smallest absolute Gasteiger partial charge is 0.164 e. The second-order valence-corrected chi connectivity index (χ2v) is 16.3. The van der Waals surface area contributed by atoms with E-state index >= 15 is 0 Å². The molecule has 0 bridgehead atoms. The van der Waals surface area contributed by atoms with E-state index in [1.165, 1.54) is 16.7 Å². The number of aromatic nitrogens is 3. The Hall–Kier alpha value is -8.73. The van der Waals surface area contributed by atoms with Crippen LogP contribution in [0.1, 0.15) is 0 Å². The molecule has 0 amide bonds. The Kier molecular flexibility index (Phi) is 9.46. The first kappa shape index (κ1) is 38.0. The maximum Gasteiger partial charge on any atom is 0.164 e. The summed E-state index contributed by atoms with van der Waals surface area (Å²) in [5, 5.41) is 4.14. The van der Waals surface area contributed by atoms with E-state index in [4.69, 9.17) is 19.4 Å². The summed E-state index contributed by atoms with van der Waals surface area (Å²) in [6.07, 6.45) is 0. The molecule has 65 heavy (non-hydrogen) atoms. The van der Waals surface area contributed by atoms with Crippen molar-refractivity contribution in [2.45, 2.75) is 0 Å². The Balaban J connectivity index is 1.02. The van der Waals surface area contributed by atoms with Crippen molar-refractivity contribution in [1.29, 1.82) is 0 Å². The molecule has 12 aromatic rings. The predicted molar refractivity (Wildman–Crippen MR) is 268 cm³/mol. The molecule has 0 fully saturated rings. The van der Waals surface area contributed by atoms with Gasteiger partial charge in [-0.3, -0.25) is 0 Å². The summed E-state index contributed by atoms with van der Waals surface area (Å²) in [6.45, 7) is 0. The molecule has 0 aliphatic carbocycles. The number of fused-ring (bicyclic) bond motifs is 4. The molecule has 0 atom stereocenters. The first-order chi connectivity index (χ1) is 32.2. The van der Waals surface area contributed by atoms with Crippen LogP contribution in [0.3, 0.4) is 0 Å². The van der Waals surface area contributed by atoms with Crippen LogP contribution >= 0.6 is 0 Å². The molecular weight excluding hydrogens is 791 g/mol. The van der Waals surface area contributed by atoms with Crippen LogP contribution in [0.4, 0.5) is 0 Å². The van der Waals surface area contributed by atoms with Gasteiger partial charge in [0.2, 0.25) is 0 Å². The zero-order valence-corrected chi connectivity index (χ0v) is 35.3. The minimum atomic E-state index is 0.575. The average Bonchev–Trinajstić information content (AvgIpc) is 3.78. The van der Waals surface area contributed by atoms with Crippen molar-refractivity contribution in [3.8, 4) is 89.8 Å². The molecular formula is C61H39N3O. The summed E-state index contributed by atoms with van der Waals surface area (Å²) in [6, 6.07) is 82.9. The van der Waals surface area contributed by atoms with Gasteiger partial charge in [0.25, 0.3) is 0 Å². The highest BCUT2D eigenvalue weighted by Gasteiger charge is 2.21. The van der Waals surface area contributed by atoms with Crippen LogP contribution in [0.2, 0.25) is 0 Å². The third-order valence-corrected chi connectivity index (χ3v) is 12.4. The summed E-state index contributed by atoms with van der Waals surface area (Å²) in [5.74, 6) is 1.77. The van der Waals surface area contributed by atoms with Crippen molar-refractivity contribution in [3.05, 3.63) is 237 Å². The van der Waals surface area contributed by atoms with E-state index in [1.54, 1.807) is 0 Å². The predicted octanol–water partition coefficient (Wildman–Crippen LogP) is 16.3. The lowest BCUT2D eigenvalue weighted by Crippen LogP contribution is -2.01. The molecule has 0 saturated carbocycles. The van der Waals surface area contributed by atoms with Gasteiger partial charge in [-0.25, -0.2) is 15.0 Å². The lowest BCUT2D eigenvalue weighted by Gasteiger charge is -2.12. The Bertz CT molecular complexity index is 3690. The van der Waals surface area contributed by atoms with Gasteiger partial charge in [-0.2, -0.15) is 0 Å². The van der Waals surface area contributed by atoms with E-state index in [1.807, 2.05) is 30.3 Å². The van der Waals surface area contributed by atoms with Crippen molar-refractivity contribution < 1.29 is 4.42 Å². The van der Waals surface area contributed by atoms with Crippen LogP contribution in [0.15, 0.2) is 241 Å². The first-order valence-electron chi connectivity index (χ1n) is 21.9. The van der Waals surface area contributed by atoms with Crippen LogP contribution < -0.4 is 0 Å². The third kappa shape index (κ3) is 7.13. The highest BCUT2D eigenvalue weighted by molar-refractivity contribution is 6.15. The standard InChI is InChI=1S/C61H39N3O/c1-4-15-40(16-5-1)46-22-10-23-47(37-46)43-31-34-45(35-32-43)59-62-60(52-27-12-21-44-33-36-49(39-55(44)52)42-19-8-3-9-20-42)64-61(63-59)54-29-14-30-56-57(54)53-28-13-26-51(58(53)65-56)50-25-11-24-48(38-50)41-17-6-2-7-18-41/h1-39H. The molecule has 0 radical (unpaired) electrons. The van der Waals surface area contributed by atoms with E-state index in [0.29, 0.717) is 17.5 Å². The second kappa shape index (κ2) is 16.2. The van der Waals surface area contributed by atoms with Crippen molar-refractivity contribution in [3.63, 3.8) is 0 Å². The molecule has 12 rings (SSSR count). The summed E-state index contributed by atoms with van der Waals surface area (Å²) in [7, 11) is 0. The summed E-state index contributed by atoms with van der Waals surface area (Å²) in [4.78, 5) is 15.9. The molecule has 0 N–H and O–H groups in total. The highest BCUT2D eigenvalue weighted by Crippen LogP contribution is 2.42. The van der Waals surface area contributed by atoms with Crippen LogP contribution in [-0.2, 0) is 0 Å². The summed E-state index contributed by atoms with van der Waals surface area (Å²) in [5.41, 5.74) is 15.6. The SMILES string of the molecule is c1ccc(-c2cccc(-c3ccc(-c4nc(-c5cccc6ccc(-c7ccccc7)cc56)nc(-c5cccc6oc7c(-c8cccc(-c9ccccc9)c8)cccc7c56)n4)cc3)c2)cc1. The molecule has 2 heterocycles. The monoisotopic (exact) mass is 829 g/mol. The van der Waals surface area contributed by atoms with E-state index in [-0.39, 0.29) is 0 Å². The molecule has 0 aliphatic heterocycles. The van der Waals surface area contributed by atoms with Gasteiger partial charge in [-0.15, -0.1) is 0 Å². The zero-order chi connectivity index (χ0) is 43.1. The van der Waals surface area contributed by atoms with Crippen molar-refractivity contribution in [1.82, 2.24) is 15.0 Å². The van der Waals surface area contributed by atoms with Gasteiger partial charge in [0.15, 0.2) is 17.5 Å². The van der Waals surface area contributed by atoms with E-state index in [9.17, 15) is 0 Å². The molecule has 10 aromatic carbocycles. The maximum atomic E-state index is 6.81. The van der Waals surface area contributed by atoms with Gasteiger partial charge in [0.05, 0.1) is 0 Å². The number of rotatable bonds is 8. The Morgan fingerprint density at radius 3 is 1.37 bits per heavy atom. The van der Waals surface area contributed by atoms with Crippen LogP contribution in [-0.4, -0.2) is 15.0 Å². The largest absolute Gasteiger partial charge is 0.455 e. The summed E-state index contributed by atoms with van der Waals surface area (Å²) < 4.78 is 6.81. The lowest BCUT2D eigenvalue weighted by atomic mass is 9.97. The molecule has 4 nitrogen and oxygen atoms in total. The van der Waals surface area contributed by atoms with Crippen molar-refractivity contribution in [2.24, 2.45) is 0 Å². The fourth-order valence-electron chi connectivity index (χ4n) is 9.10. The van der Waals surface area contributed by atoms with Crippen molar-refractivity contribution >= 4 is 32.7 Å².